The molecule has 14 heteroatoms. The summed E-state index contributed by atoms with van der Waals surface area (Å²) in [5, 5.41) is 0. The molecule has 212 valence electrons. The van der Waals surface area contributed by atoms with Crippen molar-refractivity contribution in [3.8, 4) is 0 Å². The zero-order valence-corrected chi connectivity index (χ0v) is 23.6. The Morgan fingerprint density at radius 3 is 1.86 bits per heavy atom. The maximum Gasteiger partial charge on any atom is 0.327 e. The smallest absolute Gasteiger partial charge is 0.327 e. The van der Waals surface area contributed by atoms with Gasteiger partial charge in [-0.3, -0.25) is 24.0 Å². The largest absolute Gasteiger partial charge is 0.465 e. The molecular weight excluding hydrogens is 564 g/mol. The number of ether oxygens (including phenoxy) is 8. The van der Waals surface area contributed by atoms with E-state index in [9.17, 15) is 24.0 Å². The highest BCUT2D eigenvalue weighted by Crippen LogP contribution is 2.34. The van der Waals surface area contributed by atoms with Crippen molar-refractivity contribution < 1.29 is 61.9 Å². The summed E-state index contributed by atoms with van der Waals surface area (Å²) in [4.78, 5) is 60.0. The Kier molecular flexibility index (Phi) is 13.5. The van der Waals surface area contributed by atoms with E-state index in [-0.39, 0.29) is 13.2 Å². The molecule has 37 heavy (non-hydrogen) atoms. The van der Waals surface area contributed by atoms with Gasteiger partial charge in [0.25, 0.3) is 0 Å². The predicted molar refractivity (Wildman–Crippen MR) is 127 cm³/mol. The van der Waals surface area contributed by atoms with Gasteiger partial charge >= 0.3 is 29.8 Å². The molecule has 1 saturated heterocycles. The number of hydrogen-bond acceptors (Lipinski definition) is 13. The van der Waals surface area contributed by atoms with Crippen LogP contribution >= 0.6 is 15.9 Å². The van der Waals surface area contributed by atoms with Crippen molar-refractivity contribution in [2.75, 3.05) is 19.8 Å². The molecule has 0 aliphatic carbocycles. The molecular formula is C23H35BrO13. The van der Waals surface area contributed by atoms with Gasteiger partial charge in [-0.25, -0.2) is 0 Å². The summed E-state index contributed by atoms with van der Waals surface area (Å²) in [6.07, 6.45) is -7.80. The van der Waals surface area contributed by atoms with Crippen LogP contribution in [0.25, 0.3) is 0 Å². The molecule has 0 bridgehead atoms. The lowest BCUT2D eigenvalue weighted by Crippen LogP contribution is -2.64. The molecule has 0 aromatic heterocycles. The van der Waals surface area contributed by atoms with Crippen molar-refractivity contribution in [2.45, 2.75) is 96.2 Å². The highest BCUT2D eigenvalue weighted by molar-refractivity contribution is 9.10. The number of carbonyl (C=O) groups excluding carboxylic acids is 5. The van der Waals surface area contributed by atoms with E-state index >= 15 is 0 Å². The van der Waals surface area contributed by atoms with Crippen molar-refractivity contribution in [3.05, 3.63) is 0 Å². The maximum absolute atomic E-state index is 12.7. The van der Waals surface area contributed by atoms with Crippen LogP contribution in [-0.2, 0) is 61.9 Å². The summed E-state index contributed by atoms with van der Waals surface area (Å²) in [6.45, 7) is 9.21. The molecule has 13 nitrogen and oxygen atoms in total. The van der Waals surface area contributed by atoms with Gasteiger partial charge in [0.05, 0.1) is 6.61 Å². The van der Waals surface area contributed by atoms with Gasteiger partial charge in [-0.15, -0.1) is 0 Å². The standard InChI is InChI=1S/C23H35BrO13/c1-8-10-31-22(23(7,24)21(29)30-9-2)37-20-19(35-15(6)28)18(34-14(5)27)17(33-13(4)26)16(36-20)11-32-12(3)25/h16-20,22H,8-11H2,1-7H3/t16-,17-,18+,19-,20+,22+,23-/m1/s1. The zero-order chi connectivity index (χ0) is 28.3. The molecule has 0 aromatic rings. The van der Waals surface area contributed by atoms with E-state index < -0.39 is 77.8 Å². The highest BCUT2D eigenvalue weighted by Gasteiger charge is 2.55. The monoisotopic (exact) mass is 598 g/mol. The van der Waals surface area contributed by atoms with Crippen LogP contribution in [0.5, 0.6) is 0 Å². The van der Waals surface area contributed by atoms with E-state index in [2.05, 4.69) is 15.9 Å². The molecule has 1 aliphatic rings. The third-order valence-electron chi connectivity index (χ3n) is 4.80. The van der Waals surface area contributed by atoms with Crippen molar-refractivity contribution in [1.82, 2.24) is 0 Å². The number of halogens is 1. The van der Waals surface area contributed by atoms with Gasteiger partial charge in [-0.2, -0.15) is 0 Å². The zero-order valence-electron chi connectivity index (χ0n) is 22.0. The number of rotatable bonds is 13. The number of hydrogen-bond donors (Lipinski definition) is 0. The Morgan fingerprint density at radius 1 is 0.838 bits per heavy atom. The topological polar surface area (TPSA) is 159 Å². The molecule has 0 aromatic carbocycles. The van der Waals surface area contributed by atoms with Crippen LogP contribution < -0.4 is 0 Å². The fraction of sp³-hybridized carbons (Fsp3) is 0.783. The second kappa shape index (κ2) is 15.2. The summed E-state index contributed by atoms with van der Waals surface area (Å²) in [7, 11) is 0. The van der Waals surface area contributed by atoms with Gasteiger partial charge in [0, 0.05) is 34.3 Å². The molecule has 1 rings (SSSR count). The quantitative estimate of drug-likeness (QED) is 0.130. The Hall–Kier alpha value is -2.29. The summed E-state index contributed by atoms with van der Waals surface area (Å²) in [5.74, 6) is -3.71. The second-order valence-corrected chi connectivity index (χ2v) is 9.85. The molecule has 0 radical (unpaired) electrons. The molecule has 0 N–H and O–H groups in total. The molecule has 1 aliphatic heterocycles. The minimum atomic E-state index is -1.54. The molecule has 0 spiro atoms. The van der Waals surface area contributed by atoms with E-state index in [0.29, 0.717) is 6.42 Å². The number of alkyl halides is 1. The number of esters is 5. The van der Waals surface area contributed by atoms with Gasteiger partial charge in [0.2, 0.25) is 6.29 Å². The molecule has 0 amide bonds. The van der Waals surface area contributed by atoms with Crippen LogP contribution in [0.2, 0.25) is 0 Å². The van der Waals surface area contributed by atoms with Crippen molar-refractivity contribution in [2.24, 2.45) is 0 Å². The van der Waals surface area contributed by atoms with Crippen LogP contribution in [0.1, 0.15) is 54.9 Å². The van der Waals surface area contributed by atoms with Crippen LogP contribution in [0.15, 0.2) is 0 Å². The van der Waals surface area contributed by atoms with Crippen molar-refractivity contribution in [3.63, 3.8) is 0 Å². The first-order chi connectivity index (χ1) is 17.2. The Bertz CT molecular complexity index is 814. The maximum atomic E-state index is 12.7. The average molecular weight is 599 g/mol. The SMILES string of the molecule is CCCO[C@@H](O[C@@H]1O[C@H](COC(C)=O)[C@@H](OC(C)=O)[C@H](OC(C)=O)[C@H]1OC(C)=O)[C@](C)(Br)C(=O)OCC. The molecule has 0 saturated carbocycles. The molecule has 0 unspecified atom stereocenters. The van der Waals surface area contributed by atoms with Crippen molar-refractivity contribution >= 4 is 45.8 Å². The first kappa shape index (κ1) is 32.7. The summed E-state index contributed by atoms with van der Waals surface area (Å²) in [5.41, 5.74) is 0. The summed E-state index contributed by atoms with van der Waals surface area (Å²) >= 11 is 3.30. The summed E-state index contributed by atoms with van der Waals surface area (Å²) < 4.78 is 42.4. The third-order valence-corrected chi connectivity index (χ3v) is 5.49. The van der Waals surface area contributed by atoms with E-state index in [1.807, 2.05) is 6.92 Å². The minimum absolute atomic E-state index is 0.0829. The first-order valence-electron chi connectivity index (χ1n) is 11.7. The highest BCUT2D eigenvalue weighted by atomic mass is 79.9. The fourth-order valence-corrected chi connectivity index (χ4v) is 3.69. The molecule has 1 heterocycles. The Labute approximate surface area is 223 Å². The van der Waals surface area contributed by atoms with Crippen LogP contribution in [0, 0.1) is 0 Å². The van der Waals surface area contributed by atoms with Gasteiger partial charge in [-0.1, -0.05) is 22.9 Å². The Morgan fingerprint density at radius 2 is 1.38 bits per heavy atom. The first-order valence-corrected chi connectivity index (χ1v) is 12.5. The van der Waals surface area contributed by atoms with Gasteiger partial charge in [0.15, 0.2) is 28.9 Å². The lowest BCUT2D eigenvalue weighted by Gasteiger charge is -2.45. The molecule has 1 fully saturated rings. The molecule has 7 atom stereocenters. The van der Waals surface area contributed by atoms with Crippen LogP contribution in [0.3, 0.4) is 0 Å². The number of carbonyl (C=O) groups is 5. The van der Waals surface area contributed by atoms with E-state index in [1.165, 1.54) is 6.92 Å². The van der Waals surface area contributed by atoms with E-state index in [1.54, 1.807) is 6.92 Å². The predicted octanol–water partition coefficient (Wildman–Crippen LogP) is 1.56. The van der Waals surface area contributed by atoms with E-state index in [0.717, 1.165) is 27.7 Å². The van der Waals surface area contributed by atoms with Gasteiger partial charge in [-0.05, 0) is 20.3 Å². The fourth-order valence-electron chi connectivity index (χ4n) is 3.34. The lowest BCUT2D eigenvalue weighted by molar-refractivity contribution is -0.342. The van der Waals surface area contributed by atoms with Gasteiger partial charge < -0.3 is 37.9 Å². The van der Waals surface area contributed by atoms with Gasteiger partial charge in [0.1, 0.15) is 12.7 Å². The van der Waals surface area contributed by atoms with Crippen LogP contribution in [-0.4, -0.2) is 91.0 Å². The second-order valence-electron chi connectivity index (χ2n) is 8.20. The van der Waals surface area contributed by atoms with Crippen molar-refractivity contribution in [1.29, 1.82) is 0 Å². The van der Waals surface area contributed by atoms with Crippen LogP contribution in [0.4, 0.5) is 0 Å². The summed E-state index contributed by atoms with van der Waals surface area (Å²) in [6, 6.07) is 0. The average Bonchev–Trinajstić information content (AvgIpc) is 2.77. The third kappa shape index (κ3) is 10.2. The lowest BCUT2D eigenvalue weighted by atomic mass is 9.98. The normalized spacial score (nSPS) is 25.7. The minimum Gasteiger partial charge on any atom is -0.465 e. The Balaban J connectivity index is 3.53. The van der Waals surface area contributed by atoms with E-state index in [4.69, 9.17) is 37.9 Å².